The van der Waals surface area contributed by atoms with Crippen LogP contribution in [0.5, 0.6) is 0 Å². The smallest absolute Gasteiger partial charge is 0.184 e. The minimum atomic E-state index is -0.102. The molecule has 18 heavy (non-hydrogen) atoms. The molecule has 96 valence electrons. The third-order valence-electron chi connectivity index (χ3n) is 1.75. The van der Waals surface area contributed by atoms with Crippen molar-refractivity contribution in [1.29, 1.82) is 0 Å². The highest BCUT2D eigenvalue weighted by molar-refractivity contribution is 7.80. The molecule has 0 spiro atoms. The topological polar surface area (TPSA) is 53.4 Å². The second kappa shape index (κ2) is 8.49. The molecule has 0 atom stereocenters. The lowest BCUT2D eigenvalue weighted by molar-refractivity contribution is 0.569. The van der Waals surface area contributed by atoms with Crippen molar-refractivity contribution >= 4 is 40.6 Å². The Bertz CT molecular complexity index is 455. The molecule has 0 unspecified atom stereocenters. The van der Waals surface area contributed by atoms with E-state index >= 15 is 0 Å². The van der Waals surface area contributed by atoms with Crippen LogP contribution in [-0.4, -0.2) is 25.3 Å². The maximum absolute atomic E-state index is 8.92. The largest absolute Gasteiger partial charge is 0.499 e. The van der Waals surface area contributed by atoms with E-state index in [1.54, 1.807) is 26.1 Å². The van der Waals surface area contributed by atoms with Gasteiger partial charge in [0, 0.05) is 11.8 Å². The number of aliphatic hydroxyl groups excluding tert-OH is 2. The molecule has 0 saturated carbocycles. The molecule has 0 saturated heterocycles. The van der Waals surface area contributed by atoms with Crippen molar-refractivity contribution in [1.82, 2.24) is 4.98 Å². The van der Waals surface area contributed by atoms with Crippen molar-refractivity contribution < 1.29 is 10.2 Å². The van der Waals surface area contributed by atoms with Crippen LogP contribution in [0.25, 0.3) is 6.08 Å². The molecule has 2 N–H and O–H groups in total. The molecule has 0 fully saturated rings. The second-order valence-electron chi connectivity index (χ2n) is 3.47. The standard InChI is InChI=1S/C9H9NOS.C4H6OS/c1-7(9(11)12)6-8-4-2-3-5-10-8;1-3(2)4(5)6/h2-6H,1H3,(H,11,12);1H2,2H3,(H,5,6). The van der Waals surface area contributed by atoms with Gasteiger partial charge in [0.25, 0.3) is 0 Å². The van der Waals surface area contributed by atoms with Crippen molar-refractivity contribution in [2.75, 3.05) is 0 Å². The SMILES string of the molecule is C=C(C)C(O)=S.CC(=Cc1ccccn1)C(O)=S. The van der Waals surface area contributed by atoms with Gasteiger partial charge in [0.05, 0.1) is 5.69 Å². The van der Waals surface area contributed by atoms with Crippen molar-refractivity contribution in [3.05, 3.63) is 47.8 Å². The predicted octanol–water partition coefficient (Wildman–Crippen LogP) is 3.82. The van der Waals surface area contributed by atoms with Gasteiger partial charge in [0.2, 0.25) is 0 Å². The van der Waals surface area contributed by atoms with Crippen molar-refractivity contribution in [2.24, 2.45) is 0 Å². The van der Waals surface area contributed by atoms with E-state index in [1.807, 2.05) is 18.2 Å². The molecule has 0 amide bonds. The van der Waals surface area contributed by atoms with Crippen LogP contribution >= 0.6 is 24.4 Å². The zero-order valence-electron chi connectivity index (χ0n) is 10.3. The molecule has 1 rings (SSSR count). The minimum Gasteiger partial charge on any atom is -0.499 e. The molecule has 0 aliphatic heterocycles. The Morgan fingerprint density at radius 3 is 2.11 bits per heavy atom. The molecule has 3 nitrogen and oxygen atoms in total. The molecule has 1 heterocycles. The Morgan fingerprint density at radius 1 is 1.22 bits per heavy atom. The van der Waals surface area contributed by atoms with Gasteiger partial charge in [-0.3, -0.25) is 4.98 Å². The maximum Gasteiger partial charge on any atom is 0.184 e. The molecule has 0 bridgehead atoms. The number of thiocarbonyl (C=S) groups is 2. The number of hydrogen-bond acceptors (Lipinski definition) is 3. The molecule has 0 aliphatic rings. The van der Waals surface area contributed by atoms with Gasteiger partial charge in [-0.2, -0.15) is 0 Å². The first kappa shape index (κ1) is 16.4. The highest BCUT2D eigenvalue weighted by atomic mass is 32.1. The average Bonchev–Trinajstić information content (AvgIpc) is 2.30. The number of aromatic nitrogens is 1. The lowest BCUT2D eigenvalue weighted by Crippen LogP contribution is -1.92. The Labute approximate surface area is 118 Å². The van der Waals surface area contributed by atoms with E-state index < -0.39 is 0 Å². The normalized spacial score (nSPS) is 10.0. The Hall–Kier alpha value is -1.59. The lowest BCUT2D eigenvalue weighted by atomic mass is 10.2. The van der Waals surface area contributed by atoms with E-state index in [0.29, 0.717) is 11.1 Å². The highest BCUT2D eigenvalue weighted by Crippen LogP contribution is 2.03. The second-order valence-corrected chi connectivity index (χ2v) is 4.25. The average molecular weight is 281 g/mol. The molecular formula is C13H15NO2S2. The van der Waals surface area contributed by atoms with E-state index in [0.717, 1.165) is 5.69 Å². The summed E-state index contributed by atoms with van der Waals surface area (Å²) in [5.74, 6) is 0. The van der Waals surface area contributed by atoms with Gasteiger partial charge in [-0.25, -0.2) is 0 Å². The molecular weight excluding hydrogens is 266 g/mol. The number of nitrogens with zero attached hydrogens (tertiary/aromatic N) is 1. The molecule has 5 heteroatoms. The van der Waals surface area contributed by atoms with Gasteiger partial charge >= 0.3 is 0 Å². The van der Waals surface area contributed by atoms with E-state index in [1.165, 1.54) is 0 Å². The summed E-state index contributed by atoms with van der Waals surface area (Å²) < 4.78 is 0. The summed E-state index contributed by atoms with van der Waals surface area (Å²) >= 11 is 8.85. The van der Waals surface area contributed by atoms with Gasteiger partial charge in [-0.1, -0.05) is 12.6 Å². The van der Waals surface area contributed by atoms with Crippen molar-refractivity contribution in [3.63, 3.8) is 0 Å². The summed E-state index contributed by atoms with van der Waals surface area (Å²) in [6.45, 7) is 6.77. The van der Waals surface area contributed by atoms with Crippen LogP contribution in [0, 0.1) is 0 Å². The number of pyridine rings is 1. The summed E-state index contributed by atoms with van der Waals surface area (Å²) in [6.07, 6.45) is 3.43. The van der Waals surface area contributed by atoms with E-state index in [9.17, 15) is 0 Å². The van der Waals surface area contributed by atoms with Crippen LogP contribution in [0.15, 0.2) is 42.1 Å². The van der Waals surface area contributed by atoms with E-state index in [-0.39, 0.29) is 10.1 Å². The van der Waals surface area contributed by atoms with E-state index in [4.69, 9.17) is 10.2 Å². The zero-order valence-corrected chi connectivity index (χ0v) is 11.9. The molecule has 0 aromatic carbocycles. The van der Waals surface area contributed by atoms with E-state index in [2.05, 4.69) is 36.0 Å². The first-order valence-corrected chi connectivity index (χ1v) is 5.87. The fraction of sp³-hybridized carbons (Fsp3) is 0.154. The zero-order chi connectivity index (χ0) is 14.1. The van der Waals surface area contributed by atoms with Gasteiger partial charge < -0.3 is 10.2 Å². The summed E-state index contributed by atoms with van der Waals surface area (Å²) in [7, 11) is 0. The van der Waals surface area contributed by atoms with Crippen LogP contribution in [0.1, 0.15) is 19.5 Å². The maximum atomic E-state index is 8.92. The number of rotatable bonds is 3. The van der Waals surface area contributed by atoms with Crippen LogP contribution in [0.3, 0.4) is 0 Å². The summed E-state index contributed by atoms with van der Waals surface area (Å²) in [5, 5.41) is 17.0. The van der Waals surface area contributed by atoms with Gasteiger partial charge in [-0.05, 0) is 62.1 Å². The van der Waals surface area contributed by atoms with Gasteiger partial charge in [0.1, 0.15) is 0 Å². The van der Waals surface area contributed by atoms with Crippen LogP contribution < -0.4 is 0 Å². The fourth-order valence-electron chi connectivity index (χ4n) is 0.745. The summed E-state index contributed by atoms with van der Waals surface area (Å²) in [5.41, 5.74) is 2.00. The highest BCUT2D eigenvalue weighted by Gasteiger charge is 1.94. The molecule has 0 aliphatic carbocycles. The Morgan fingerprint density at radius 2 is 1.78 bits per heavy atom. The lowest BCUT2D eigenvalue weighted by Gasteiger charge is -1.95. The van der Waals surface area contributed by atoms with Crippen molar-refractivity contribution in [3.8, 4) is 0 Å². The summed E-state index contributed by atoms with van der Waals surface area (Å²) in [4.78, 5) is 4.05. The molecule has 0 radical (unpaired) electrons. The third kappa shape index (κ3) is 7.65. The van der Waals surface area contributed by atoms with Crippen LogP contribution in [-0.2, 0) is 0 Å². The number of aliphatic hydroxyl groups is 2. The van der Waals surface area contributed by atoms with Crippen molar-refractivity contribution in [2.45, 2.75) is 13.8 Å². The first-order chi connectivity index (χ1) is 8.34. The number of hydrogen-bond donors (Lipinski definition) is 2. The molecule has 1 aromatic rings. The monoisotopic (exact) mass is 281 g/mol. The minimum absolute atomic E-state index is 0.0827. The summed E-state index contributed by atoms with van der Waals surface area (Å²) in [6, 6.07) is 5.57. The van der Waals surface area contributed by atoms with Gasteiger partial charge in [0.15, 0.2) is 10.1 Å². The van der Waals surface area contributed by atoms with Crippen LogP contribution in [0.4, 0.5) is 0 Å². The quantitative estimate of drug-likeness (QED) is 0.651. The Balaban J connectivity index is 0.000000411. The first-order valence-electron chi connectivity index (χ1n) is 5.06. The third-order valence-corrected chi connectivity index (χ3v) is 2.43. The van der Waals surface area contributed by atoms with Gasteiger partial charge in [-0.15, -0.1) is 0 Å². The predicted molar refractivity (Wildman–Crippen MR) is 83.2 cm³/mol. The molecule has 1 aromatic heterocycles. The Kier molecular flexibility index (Phi) is 7.74. The van der Waals surface area contributed by atoms with Crippen LogP contribution in [0.2, 0.25) is 0 Å². The fourth-order valence-corrected chi connectivity index (χ4v) is 0.804.